The molecule has 1 atom stereocenters. The number of nitrogens with two attached hydrogens (primary N) is 1. The van der Waals surface area contributed by atoms with Crippen LogP contribution in [0.1, 0.15) is 73.1 Å². The summed E-state index contributed by atoms with van der Waals surface area (Å²) in [5.74, 6) is 0.955. The van der Waals surface area contributed by atoms with Crippen LogP contribution >= 0.6 is 0 Å². The molecule has 0 aliphatic carbocycles. The van der Waals surface area contributed by atoms with Gasteiger partial charge in [-0.1, -0.05) is 73.1 Å². The lowest BCUT2D eigenvalue weighted by molar-refractivity contribution is -0.106. The fraction of sp³-hybridized carbons (Fsp3) is 0.923. The Hall–Kier alpha value is -0.530. The average molecular weight is 217 g/mol. The van der Waals surface area contributed by atoms with Crippen molar-refractivity contribution in [3.05, 3.63) is 0 Å². The zero-order valence-corrected chi connectivity index (χ0v) is 11.4. The predicted octanol–water partition coefficient (Wildman–Crippen LogP) is 4.13. The maximum Gasteiger partial charge on any atom is 0.204 e. The van der Waals surface area contributed by atoms with Gasteiger partial charge in [-0.3, -0.25) is 4.79 Å². The van der Waals surface area contributed by atoms with E-state index in [2.05, 4.69) is 26.5 Å². The summed E-state index contributed by atoms with van der Waals surface area (Å²) >= 11 is 0. The van der Waals surface area contributed by atoms with E-state index >= 15 is 0 Å². The van der Waals surface area contributed by atoms with Gasteiger partial charge in [-0.25, -0.2) is 0 Å². The summed E-state index contributed by atoms with van der Waals surface area (Å²) in [6.07, 6.45) is 8.73. The second-order valence-electron chi connectivity index (χ2n) is 3.50. The Morgan fingerprint density at radius 1 is 1.13 bits per heavy atom. The molecule has 0 saturated heterocycles. The van der Waals surface area contributed by atoms with Crippen molar-refractivity contribution < 1.29 is 4.79 Å². The van der Waals surface area contributed by atoms with Gasteiger partial charge in [-0.05, 0) is 5.92 Å². The van der Waals surface area contributed by atoms with Gasteiger partial charge >= 0.3 is 0 Å². The summed E-state index contributed by atoms with van der Waals surface area (Å²) < 4.78 is 0. The van der Waals surface area contributed by atoms with Crippen LogP contribution in [0, 0.1) is 5.92 Å². The Bertz CT molecular complexity index is 94.5. The molecule has 0 spiro atoms. The molecule has 1 amide bonds. The second-order valence-corrected chi connectivity index (χ2v) is 3.50. The first kappa shape index (κ1) is 20.0. The quantitative estimate of drug-likeness (QED) is 0.527. The van der Waals surface area contributed by atoms with Crippen LogP contribution in [0.15, 0.2) is 0 Å². The lowest BCUT2D eigenvalue weighted by Gasteiger charge is -2.06. The molecule has 0 aliphatic rings. The standard InChI is InChI=1S/C10H22.C2H6.CH3NO/c1-4-6-7-8-9-10(3)5-2;1-2;2-1-3/h10H,4-9H2,1-3H3;1-2H3;1H,(H2,2,3). The molecule has 2 N–H and O–H groups in total. The van der Waals surface area contributed by atoms with Crippen LogP contribution in [0.3, 0.4) is 0 Å². The van der Waals surface area contributed by atoms with Crippen molar-refractivity contribution in [2.75, 3.05) is 0 Å². The largest absolute Gasteiger partial charge is 0.372 e. The molecule has 0 radical (unpaired) electrons. The Morgan fingerprint density at radius 3 is 1.93 bits per heavy atom. The smallest absolute Gasteiger partial charge is 0.204 e. The first-order chi connectivity index (χ1) is 7.22. The van der Waals surface area contributed by atoms with Crippen molar-refractivity contribution in [1.29, 1.82) is 0 Å². The van der Waals surface area contributed by atoms with E-state index in [4.69, 9.17) is 4.79 Å². The zero-order chi connectivity index (χ0) is 12.5. The topological polar surface area (TPSA) is 43.1 Å². The maximum atomic E-state index is 8.58. The molecule has 2 heteroatoms. The van der Waals surface area contributed by atoms with E-state index in [0.717, 1.165) is 5.92 Å². The highest BCUT2D eigenvalue weighted by atomic mass is 16.1. The molecule has 1 unspecified atom stereocenters. The average Bonchev–Trinajstić information content (AvgIpc) is 2.28. The van der Waals surface area contributed by atoms with Crippen molar-refractivity contribution in [2.45, 2.75) is 73.1 Å². The molecular weight excluding hydrogens is 186 g/mol. The minimum absolute atomic E-state index is 0.250. The first-order valence-corrected chi connectivity index (χ1v) is 6.38. The summed E-state index contributed by atoms with van der Waals surface area (Å²) in [5, 5.41) is 0. The van der Waals surface area contributed by atoms with Crippen LogP contribution in [0.4, 0.5) is 0 Å². The Morgan fingerprint density at radius 2 is 1.60 bits per heavy atom. The van der Waals surface area contributed by atoms with Crippen molar-refractivity contribution in [3.8, 4) is 0 Å². The number of carbonyl (C=O) groups is 1. The SMILES string of the molecule is CC.CCCCCCC(C)CC.NC=O. The van der Waals surface area contributed by atoms with E-state index < -0.39 is 0 Å². The summed E-state index contributed by atoms with van der Waals surface area (Å²) in [7, 11) is 0. The molecule has 0 aliphatic heterocycles. The maximum absolute atomic E-state index is 8.58. The van der Waals surface area contributed by atoms with E-state index in [1.54, 1.807) is 0 Å². The highest BCUT2D eigenvalue weighted by molar-refractivity contribution is 5.42. The molecule has 0 aromatic heterocycles. The molecule has 0 saturated carbocycles. The van der Waals surface area contributed by atoms with Crippen LogP contribution in [0.2, 0.25) is 0 Å². The third kappa shape index (κ3) is 31.8. The summed E-state index contributed by atoms with van der Waals surface area (Å²) in [6.45, 7) is 10.9. The van der Waals surface area contributed by atoms with E-state index in [9.17, 15) is 0 Å². The molecule has 0 aromatic carbocycles. The number of unbranched alkanes of at least 4 members (excludes halogenated alkanes) is 3. The first-order valence-electron chi connectivity index (χ1n) is 6.38. The number of amides is 1. The third-order valence-corrected chi connectivity index (χ3v) is 2.25. The van der Waals surface area contributed by atoms with Gasteiger partial charge in [0.2, 0.25) is 6.41 Å². The number of hydrogen-bond acceptors (Lipinski definition) is 1. The molecule has 0 bridgehead atoms. The monoisotopic (exact) mass is 217 g/mol. The number of hydrogen-bond donors (Lipinski definition) is 1. The van der Waals surface area contributed by atoms with Crippen LogP contribution in [-0.4, -0.2) is 6.41 Å². The van der Waals surface area contributed by atoms with Gasteiger partial charge in [-0.2, -0.15) is 0 Å². The normalized spacial score (nSPS) is 10.2. The molecule has 15 heavy (non-hydrogen) atoms. The van der Waals surface area contributed by atoms with Gasteiger partial charge in [0.15, 0.2) is 0 Å². The Labute approximate surface area is 96.6 Å². The van der Waals surface area contributed by atoms with E-state index in [1.165, 1.54) is 38.5 Å². The predicted molar refractivity (Wildman–Crippen MR) is 69.8 cm³/mol. The minimum atomic E-state index is 0.250. The van der Waals surface area contributed by atoms with Gasteiger partial charge in [0.25, 0.3) is 0 Å². The Balaban J connectivity index is -0.000000245. The van der Waals surface area contributed by atoms with Crippen molar-refractivity contribution in [2.24, 2.45) is 11.7 Å². The number of primary amides is 1. The third-order valence-electron chi connectivity index (χ3n) is 2.25. The Kier molecular flexibility index (Phi) is 31.1. The van der Waals surface area contributed by atoms with E-state index in [1.807, 2.05) is 13.8 Å². The molecule has 94 valence electrons. The molecule has 0 fully saturated rings. The summed E-state index contributed by atoms with van der Waals surface area (Å²) in [6, 6.07) is 0. The van der Waals surface area contributed by atoms with Gasteiger partial charge in [0.1, 0.15) is 0 Å². The molecular formula is C13H31NO. The minimum Gasteiger partial charge on any atom is -0.372 e. The van der Waals surface area contributed by atoms with E-state index in [-0.39, 0.29) is 6.41 Å². The van der Waals surface area contributed by atoms with Crippen molar-refractivity contribution in [3.63, 3.8) is 0 Å². The van der Waals surface area contributed by atoms with Crippen LogP contribution < -0.4 is 5.73 Å². The number of rotatable bonds is 6. The highest BCUT2D eigenvalue weighted by Gasteiger charge is 1.96. The molecule has 0 heterocycles. The van der Waals surface area contributed by atoms with Gasteiger partial charge in [0, 0.05) is 0 Å². The van der Waals surface area contributed by atoms with Crippen molar-refractivity contribution in [1.82, 2.24) is 0 Å². The summed E-state index contributed by atoms with van der Waals surface area (Å²) in [5.41, 5.74) is 4.17. The second kappa shape index (κ2) is 23.4. The molecule has 0 rings (SSSR count). The van der Waals surface area contributed by atoms with Crippen LogP contribution in [0.5, 0.6) is 0 Å². The van der Waals surface area contributed by atoms with Gasteiger partial charge < -0.3 is 5.73 Å². The highest BCUT2D eigenvalue weighted by Crippen LogP contribution is 2.12. The summed E-state index contributed by atoms with van der Waals surface area (Å²) in [4.78, 5) is 8.58. The zero-order valence-electron chi connectivity index (χ0n) is 11.4. The fourth-order valence-corrected chi connectivity index (χ4v) is 1.12. The van der Waals surface area contributed by atoms with Gasteiger partial charge in [-0.15, -0.1) is 0 Å². The van der Waals surface area contributed by atoms with E-state index in [0.29, 0.717) is 0 Å². The van der Waals surface area contributed by atoms with Crippen LogP contribution in [0.25, 0.3) is 0 Å². The lowest BCUT2D eigenvalue weighted by Crippen LogP contribution is -1.91. The van der Waals surface area contributed by atoms with Crippen LogP contribution in [-0.2, 0) is 4.79 Å². The fourth-order valence-electron chi connectivity index (χ4n) is 1.12. The van der Waals surface area contributed by atoms with Gasteiger partial charge in [0.05, 0.1) is 0 Å². The molecule has 0 aromatic rings. The lowest BCUT2D eigenvalue weighted by atomic mass is 10.0. The number of carbonyl (C=O) groups excluding carboxylic acids is 1. The van der Waals surface area contributed by atoms with Crippen molar-refractivity contribution >= 4 is 6.41 Å². The molecule has 2 nitrogen and oxygen atoms in total.